The van der Waals surface area contributed by atoms with Gasteiger partial charge in [-0.1, -0.05) is 42.5 Å². The van der Waals surface area contributed by atoms with Gasteiger partial charge < -0.3 is 25.3 Å². The number of hydrogen-bond acceptors (Lipinski definition) is 6. The highest BCUT2D eigenvalue weighted by molar-refractivity contribution is 6.01. The molecule has 0 fully saturated rings. The lowest BCUT2D eigenvalue weighted by Gasteiger charge is -2.30. The van der Waals surface area contributed by atoms with Gasteiger partial charge in [-0.25, -0.2) is 4.39 Å². The summed E-state index contributed by atoms with van der Waals surface area (Å²) in [7, 11) is 4.35. The maximum atomic E-state index is 13.8. The number of nitrogens with one attached hydrogen (secondary N) is 2. The van der Waals surface area contributed by atoms with Crippen LogP contribution in [0.25, 0.3) is 0 Å². The number of nitrogens with two attached hydrogens (primary N) is 1. The number of carbonyl (C=O) groups excluding carboxylic acids is 2. The maximum absolute atomic E-state index is 13.8. The Bertz CT molecular complexity index is 1290. The smallest absolute Gasteiger partial charge is 0.243 e. The summed E-state index contributed by atoms with van der Waals surface area (Å²) in [6.45, 7) is 0.0520. The van der Waals surface area contributed by atoms with Gasteiger partial charge in [-0.3, -0.25) is 19.9 Å². The highest BCUT2D eigenvalue weighted by atomic mass is 19.1. The second kappa shape index (κ2) is 13.1. The van der Waals surface area contributed by atoms with Gasteiger partial charge in [-0.2, -0.15) is 0 Å². The summed E-state index contributed by atoms with van der Waals surface area (Å²) in [6.07, 6.45) is -0.00959. The number of rotatable bonds is 11. The Morgan fingerprint density at radius 3 is 2.16 bits per heavy atom. The summed E-state index contributed by atoms with van der Waals surface area (Å²) in [5.41, 5.74) is 7.82. The van der Waals surface area contributed by atoms with E-state index >= 15 is 0 Å². The van der Waals surface area contributed by atoms with Gasteiger partial charge in [0.05, 0.1) is 27.8 Å². The molecule has 0 spiro atoms. The fraction of sp³-hybridized carbons (Fsp3) is 0.250. The Labute approximate surface area is 220 Å². The molecule has 38 heavy (non-hydrogen) atoms. The first kappa shape index (κ1) is 28.0. The van der Waals surface area contributed by atoms with E-state index in [1.54, 1.807) is 18.2 Å². The lowest BCUT2D eigenvalue weighted by atomic mass is 10.0. The molecule has 4 N–H and O–H groups in total. The Kier molecular flexibility index (Phi) is 9.64. The second-order valence-electron chi connectivity index (χ2n) is 8.41. The van der Waals surface area contributed by atoms with Crippen LogP contribution in [-0.4, -0.2) is 50.0 Å². The molecular weight excluding hydrogens is 491 g/mol. The van der Waals surface area contributed by atoms with Gasteiger partial charge in [-0.15, -0.1) is 0 Å². The van der Waals surface area contributed by atoms with E-state index in [0.717, 1.165) is 10.5 Å². The molecule has 10 heteroatoms. The van der Waals surface area contributed by atoms with E-state index in [2.05, 4.69) is 5.32 Å². The molecule has 0 saturated carbocycles. The van der Waals surface area contributed by atoms with Crippen molar-refractivity contribution in [3.05, 3.63) is 89.2 Å². The summed E-state index contributed by atoms with van der Waals surface area (Å²) in [5, 5.41) is 10.9. The molecule has 3 aromatic rings. The summed E-state index contributed by atoms with van der Waals surface area (Å²) in [6, 6.07) is 17.3. The zero-order valence-electron chi connectivity index (χ0n) is 21.5. The standard InChI is InChI=1S/C28H31FN4O5/c1-36-23-12-10-19(14-25(23)38-3)16-26(34)33(28(30)31)22(13-18-7-5-4-6-8-18)27(35)32-17-20-9-11-21(29)24(15-20)37-2/h4-12,14-15,22H,13,16-17H2,1-3H3,(H3,30,31)(H,32,35)/t22-/m1/s1. The first-order valence-corrected chi connectivity index (χ1v) is 11.8. The van der Waals surface area contributed by atoms with Crippen LogP contribution in [0.3, 0.4) is 0 Å². The molecule has 0 bridgehead atoms. The Morgan fingerprint density at radius 2 is 1.53 bits per heavy atom. The third kappa shape index (κ3) is 7.00. The van der Waals surface area contributed by atoms with E-state index in [9.17, 15) is 14.0 Å². The first-order valence-electron chi connectivity index (χ1n) is 11.8. The van der Waals surface area contributed by atoms with Crippen LogP contribution in [0.2, 0.25) is 0 Å². The quantitative estimate of drug-likeness (QED) is 0.262. The summed E-state index contributed by atoms with van der Waals surface area (Å²) < 4.78 is 29.4. The van der Waals surface area contributed by atoms with Crippen molar-refractivity contribution in [2.24, 2.45) is 5.73 Å². The molecule has 0 radical (unpaired) electrons. The monoisotopic (exact) mass is 522 g/mol. The van der Waals surface area contributed by atoms with Crippen molar-refractivity contribution in [2.75, 3.05) is 21.3 Å². The Morgan fingerprint density at radius 1 is 0.895 bits per heavy atom. The molecule has 0 aliphatic rings. The number of ether oxygens (including phenoxy) is 3. The van der Waals surface area contributed by atoms with Crippen LogP contribution in [0.4, 0.5) is 4.39 Å². The zero-order valence-corrected chi connectivity index (χ0v) is 21.5. The summed E-state index contributed by atoms with van der Waals surface area (Å²) in [5.74, 6) is -1.14. The van der Waals surface area contributed by atoms with Gasteiger partial charge in [0.1, 0.15) is 6.04 Å². The van der Waals surface area contributed by atoms with Crippen molar-refractivity contribution in [2.45, 2.75) is 25.4 Å². The largest absolute Gasteiger partial charge is 0.494 e. The first-order chi connectivity index (χ1) is 18.3. The molecule has 2 amide bonds. The van der Waals surface area contributed by atoms with Crippen molar-refractivity contribution in [1.82, 2.24) is 10.2 Å². The maximum Gasteiger partial charge on any atom is 0.243 e. The lowest BCUT2D eigenvalue weighted by Crippen LogP contribution is -2.55. The molecule has 1 atom stereocenters. The predicted molar refractivity (Wildman–Crippen MR) is 141 cm³/mol. The normalized spacial score (nSPS) is 11.3. The van der Waals surface area contributed by atoms with E-state index in [1.807, 2.05) is 30.3 Å². The Balaban J connectivity index is 1.86. The molecule has 0 unspecified atom stereocenters. The van der Waals surface area contributed by atoms with Gasteiger partial charge in [0, 0.05) is 13.0 Å². The topological polar surface area (TPSA) is 127 Å². The van der Waals surface area contributed by atoms with Crippen LogP contribution < -0.4 is 25.3 Å². The molecule has 3 rings (SSSR count). The van der Waals surface area contributed by atoms with E-state index in [-0.39, 0.29) is 25.1 Å². The number of hydrogen-bond donors (Lipinski definition) is 3. The molecule has 9 nitrogen and oxygen atoms in total. The van der Waals surface area contributed by atoms with Crippen molar-refractivity contribution in [3.8, 4) is 17.2 Å². The highest BCUT2D eigenvalue weighted by Crippen LogP contribution is 2.28. The summed E-state index contributed by atoms with van der Waals surface area (Å²) in [4.78, 5) is 27.9. The molecule has 0 aliphatic heterocycles. The third-order valence-electron chi connectivity index (χ3n) is 5.90. The minimum atomic E-state index is -1.11. The average molecular weight is 523 g/mol. The Hall–Kier alpha value is -4.60. The van der Waals surface area contributed by atoms with Gasteiger partial charge in [-0.05, 0) is 41.0 Å². The van der Waals surface area contributed by atoms with Gasteiger partial charge in [0.2, 0.25) is 11.8 Å². The SMILES string of the molecule is COc1cc(CNC(=O)[C@@H](Cc2ccccc2)N(C(=N)N)C(=O)Cc2ccc(OC)c(OC)c2)ccc1F. The fourth-order valence-corrected chi connectivity index (χ4v) is 3.99. The van der Waals surface area contributed by atoms with Crippen molar-refractivity contribution >= 4 is 17.8 Å². The predicted octanol–water partition coefficient (Wildman–Crippen LogP) is 3.04. The number of halogens is 1. The zero-order chi connectivity index (χ0) is 27.7. The van der Waals surface area contributed by atoms with Crippen LogP contribution in [0.1, 0.15) is 16.7 Å². The molecule has 200 valence electrons. The van der Waals surface area contributed by atoms with E-state index in [0.29, 0.717) is 22.6 Å². The highest BCUT2D eigenvalue weighted by Gasteiger charge is 2.32. The number of guanidine groups is 1. The van der Waals surface area contributed by atoms with Gasteiger partial charge in [0.15, 0.2) is 29.0 Å². The molecule has 0 aromatic heterocycles. The number of amides is 2. The minimum Gasteiger partial charge on any atom is -0.494 e. The van der Waals surface area contributed by atoms with Crippen molar-refractivity contribution in [3.63, 3.8) is 0 Å². The van der Waals surface area contributed by atoms with Crippen LogP contribution >= 0.6 is 0 Å². The number of benzene rings is 3. The number of carbonyl (C=O) groups is 2. The number of nitrogens with zero attached hydrogens (tertiary/aromatic N) is 1. The average Bonchev–Trinajstić information content (AvgIpc) is 2.92. The molecule has 3 aromatic carbocycles. The second-order valence-corrected chi connectivity index (χ2v) is 8.41. The van der Waals surface area contributed by atoms with Crippen LogP contribution in [0, 0.1) is 11.2 Å². The molecule has 0 heterocycles. The van der Waals surface area contributed by atoms with Crippen LogP contribution in [-0.2, 0) is 29.0 Å². The molecule has 0 saturated heterocycles. The lowest BCUT2D eigenvalue weighted by molar-refractivity contribution is -0.135. The third-order valence-corrected chi connectivity index (χ3v) is 5.90. The minimum absolute atomic E-state index is 0.0491. The van der Waals surface area contributed by atoms with E-state index in [1.165, 1.54) is 39.5 Å². The van der Waals surface area contributed by atoms with E-state index < -0.39 is 29.6 Å². The molecule has 0 aliphatic carbocycles. The van der Waals surface area contributed by atoms with Crippen LogP contribution in [0.15, 0.2) is 66.7 Å². The van der Waals surface area contributed by atoms with E-state index in [4.69, 9.17) is 25.4 Å². The molecular formula is C28H31FN4O5. The van der Waals surface area contributed by atoms with Crippen LogP contribution in [0.5, 0.6) is 17.2 Å². The number of methoxy groups -OCH3 is 3. The van der Waals surface area contributed by atoms with Gasteiger partial charge in [0.25, 0.3) is 0 Å². The van der Waals surface area contributed by atoms with Crippen molar-refractivity contribution in [1.29, 1.82) is 5.41 Å². The van der Waals surface area contributed by atoms with Gasteiger partial charge >= 0.3 is 0 Å². The fourth-order valence-electron chi connectivity index (χ4n) is 3.99. The summed E-state index contributed by atoms with van der Waals surface area (Å²) >= 11 is 0. The van der Waals surface area contributed by atoms with Crippen molar-refractivity contribution < 1.29 is 28.2 Å².